The molecule has 1 aromatic carbocycles. The van der Waals surface area contributed by atoms with E-state index in [0.29, 0.717) is 11.4 Å². The van der Waals surface area contributed by atoms with Crippen LogP contribution in [0.15, 0.2) is 30.3 Å². The Hall–Kier alpha value is -4.02. The number of amides is 1. The molecule has 4 N–H and O–H groups in total. The lowest BCUT2D eigenvalue weighted by Gasteiger charge is -2.16. The minimum absolute atomic E-state index is 0.00139. The van der Waals surface area contributed by atoms with E-state index in [1.807, 2.05) is 0 Å². The summed E-state index contributed by atoms with van der Waals surface area (Å²) in [5.41, 5.74) is 4.76. The van der Waals surface area contributed by atoms with Gasteiger partial charge in [0.2, 0.25) is 11.8 Å². The molecule has 10 nitrogen and oxygen atoms in total. The number of hydrogen-bond donors (Lipinski definition) is 3. The van der Waals surface area contributed by atoms with Gasteiger partial charge in [0, 0.05) is 11.6 Å². The third-order valence-corrected chi connectivity index (χ3v) is 5.01. The predicted octanol–water partition coefficient (Wildman–Crippen LogP) is 1.41. The van der Waals surface area contributed by atoms with E-state index in [-0.39, 0.29) is 41.1 Å². The summed E-state index contributed by atoms with van der Waals surface area (Å²) >= 11 is 0. The summed E-state index contributed by atoms with van der Waals surface area (Å²) in [5, 5.41) is 16.3. The maximum absolute atomic E-state index is 14.0. The van der Waals surface area contributed by atoms with Gasteiger partial charge in [0.1, 0.15) is 23.1 Å². The third kappa shape index (κ3) is 2.82. The molecule has 154 valence electrons. The van der Waals surface area contributed by atoms with Gasteiger partial charge < -0.3 is 20.9 Å². The van der Waals surface area contributed by atoms with Crippen LogP contribution in [0.5, 0.6) is 5.88 Å². The predicted molar refractivity (Wildman–Crippen MR) is 103 cm³/mol. The summed E-state index contributed by atoms with van der Waals surface area (Å²) in [7, 11) is 1.44. The van der Waals surface area contributed by atoms with E-state index >= 15 is 0 Å². The summed E-state index contributed by atoms with van der Waals surface area (Å²) in [6, 6.07) is 7.81. The molecule has 3 aromatic rings. The minimum Gasteiger partial charge on any atom is -0.481 e. The molecule has 0 bridgehead atoms. The topological polar surface area (TPSA) is 145 Å². The number of fused-ring (bicyclic) bond motifs is 1. The van der Waals surface area contributed by atoms with E-state index in [1.165, 1.54) is 30.8 Å². The van der Waals surface area contributed by atoms with E-state index in [4.69, 9.17) is 10.5 Å². The number of carbonyl (C=O) groups is 2. The molecule has 0 spiro atoms. The van der Waals surface area contributed by atoms with Crippen molar-refractivity contribution in [3.8, 4) is 17.4 Å². The number of carboxylic acids is 1. The van der Waals surface area contributed by atoms with Crippen LogP contribution < -0.4 is 15.8 Å². The monoisotopic (exact) mass is 412 g/mol. The van der Waals surface area contributed by atoms with Gasteiger partial charge in [-0.1, -0.05) is 18.2 Å². The van der Waals surface area contributed by atoms with Crippen molar-refractivity contribution in [2.45, 2.75) is 18.9 Å². The van der Waals surface area contributed by atoms with Crippen LogP contribution >= 0.6 is 0 Å². The van der Waals surface area contributed by atoms with Crippen LogP contribution in [0.1, 0.15) is 18.1 Å². The molecule has 1 amide bonds. The van der Waals surface area contributed by atoms with Crippen LogP contribution in [-0.2, 0) is 21.5 Å². The van der Waals surface area contributed by atoms with Gasteiger partial charge in [-0.2, -0.15) is 5.10 Å². The Morgan fingerprint density at radius 3 is 2.77 bits per heavy atom. The number of nitrogen functional groups attached to an aromatic ring is 1. The first-order valence-electron chi connectivity index (χ1n) is 8.84. The number of rotatable bonds is 5. The Kier molecular flexibility index (Phi) is 4.37. The van der Waals surface area contributed by atoms with Crippen LogP contribution in [0.2, 0.25) is 0 Å². The molecule has 1 aliphatic heterocycles. The van der Waals surface area contributed by atoms with Gasteiger partial charge in [0.05, 0.1) is 19.2 Å². The van der Waals surface area contributed by atoms with Crippen molar-refractivity contribution >= 4 is 23.5 Å². The Morgan fingerprint density at radius 1 is 1.37 bits per heavy atom. The molecule has 0 saturated heterocycles. The number of nitrogens with two attached hydrogens (primary N) is 1. The number of ether oxygens (including phenoxy) is 1. The molecule has 0 saturated carbocycles. The van der Waals surface area contributed by atoms with Gasteiger partial charge in [0.15, 0.2) is 11.2 Å². The quantitative estimate of drug-likeness (QED) is 0.533. The fraction of sp³-hybridized carbons (Fsp3) is 0.211. The summed E-state index contributed by atoms with van der Waals surface area (Å²) in [6.45, 7) is 1.34. The molecular weight excluding hydrogens is 395 g/mol. The number of carboxylic acid groups (broad SMARTS) is 1. The number of aromatic nitrogens is 4. The minimum atomic E-state index is -1.89. The van der Waals surface area contributed by atoms with E-state index in [9.17, 15) is 19.1 Å². The summed E-state index contributed by atoms with van der Waals surface area (Å²) in [6.07, 6.45) is 0. The van der Waals surface area contributed by atoms with Crippen molar-refractivity contribution in [3.63, 3.8) is 0 Å². The number of methoxy groups -OCH3 is 1. The standard InChI is InChI=1S/C19H17FN6O4/c1-19(18(28)29)13-14(21)22-15(23-16(13)24-17(19)27)11-7-12(30-2)26(25-11)8-9-5-3-4-6-10(9)20/h3-7H,8H2,1-2H3,(H,28,29)(H3,21,22,23,24,27). The lowest BCUT2D eigenvalue weighted by Crippen LogP contribution is -2.39. The normalized spacial score (nSPS) is 17.5. The van der Waals surface area contributed by atoms with Gasteiger partial charge in [-0.05, 0) is 13.0 Å². The highest BCUT2D eigenvalue weighted by Gasteiger charge is 2.52. The first kappa shape index (κ1) is 19.3. The lowest BCUT2D eigenvalue weighted by molar-refractivity contribution is -0.146. The number of hydrogen-bond acceptors (Lipinski definition) is 7. The number of benzene rings is 1. The molecular formula is C19H17FN6O4. The maximum Gasteiger partial charge on any atom is 0.323 e. The van der Waals surface area contributed by atoms with Crippen molar-refractivity contribution in [2.75, 3.05) is 18.2 Å². The zero-order chi connectivity index (χ0) is 21.6. The molecule has 0 fully saturated rings. The summed E-state index contributed by atoms with van der Waals surface area (Å²) in [5.74, 6) is -2.26. The Bertz CT molecular complexity index is 1190. The van der Waals surface area contributed by atoms with Crippen LogP contribution in [-0.4, -0.2) is 43.8 Å². The fourth-order valence-electron chi connectivity index (χ4n) is 3.30. The zero-order valence-corrected chi connectivity index (χ0v) is 16.0. The van der Waals surface area contributed by atoms with Gasteiger partial charge >= 0.3 is 5.97 Å². The first-order chi connectivity index (χ1) is 14.3. The largest absolute Gasteiger partial charge is 0.481 e. The molecule has 4 rings (SSSR count). The molecule has 1 atom stereocenters. The molecule has 1 unspecified atom stereocenters. The van der Waals surface area contributed by atoms with E-state index in [1.54, 1.807) is 18.2 Å². The molecule has 1 aliphatic rings. The van der Waals surface area contributed by atoms with Crippen LogP contribution in [0.3, 0.4) is 0 Å². The second-order valence-electron chi connectivity index (χ2n) is 6.86. The number of halogens is 1. The number of aliphatic carboxylic acids is 1. The van der Waals surface area contributed by atoms with Crippen molar-refractivity contribution in [2.24, 2.45) is 0 Å². The number of nitrogens with one attached hydrogen (secondary N) is 1. The molecule has 2 aromatic heterocycles. The van der Waals surface area contributed by atoms with Gasteiger partial charge in [0.25, 0.3) is 0 Å². The number of anilines is 2. The molecule has 3 heterocycles. The fourth-order valence-corrected chi connectivity index (χ4v) is 3.30. The number of carbonyl (C=O) groups excluding carboxylic acids is 1. The Morgan fingerprint density at radius 2 is 2.10 bits per heavy atom. The highest BCUT2D eigenvalue weighted by Crippen LogP contribution is 2.41. The van der Waals surface area contributed by atoms with Crippen molar-refractivity contribution in [3.05, 3.63) is 47.3 Å². The average Bonchev–Trinajstić information content (AvgIpc) is 3.23. The highest BCUT2D eigenvalue weighted by atomic mass is 19.1. The molecule has 0 radical (unpaired) electrons. The van der Waals surface area contributed by atoms with E-state index < -0.39 is 17.3 Å². The molecule has 11 heteroatoms. The molecule has 30 heavy (non-hydrogen) atoms. The smallest absolute Gasteiger partial charge is 0.323 e. The van der Waals surface area contributed by atoms with Crippen molar-refractivity contribution in [1.82, 2.24) is 19.7 Å². The average molecular weight is 412 g/mol. The second kappa shape index (κ2) is 6.79. The van der Waals surface area contributed by atoms with Crippen LogP contribution in [0.4, 0.5) is 16.0 Å². The lowest BCUT2D eigenvalue weighted by atomic mass is 9.85. The Balaban J connectivity index is 1.76. The van der Waals surface area contributed by atoms with Gasteiger partial charge in [-0.25, -0.2) is 19.0 Å². The zero-order valence-electron chi connectivity index (χ0n) is 16.0. The van der Waals surface area contributed by atoms with E-state index in [2.05, 4.69) is 20.4 Å². The first-order valence-corrected chi connectivity index (χ1v) is 8.84. The van der Waals surface area contributed by atoms with E-state index in [0.717, 1.165) is 0 Å². The summed E-state index contributed by atoms with van der Waals surface area (Å²) < 4.78 is 20.7. The summed E-state index contributed by atoms with van der Waals surface area (Å²) in [4.78, 5) is 32.3. The third-order valence-electron chi connectivity index (χ3n) is 5.01. The van der Waals surface area contributed by atoms with Crippen molar-refractivity contribution in [1.29, 1.82) is 0 Å². The van der Waals surface area contributed by atoms with Crippen LogP contribution in [0.25, 0.3) is 11.5 Å². The van der Waals surface area contributed by atoms with Gasteiger partial charge in [-0.15, -0.1) is 0 Å². The second-order valence-corrected chi connectivity index (χ2v) is 6.86. The highest BCUT2D eigenvalue weighted by molar-refractivity contribution is 6.19. The van der Waals surface area contributed by atoms with Crippen molar-refractivity contribution < 1.29 is 23.8 Å². The van der Waals surface area contributed by atoms with Crippen LogP contribution in [0, 0.1) is 5.82 Å². The Labute approximate surface area is 169 Å². The molecule has 0 aliphatic carbocycles. The maximum atomic E-state index is 14.0. The number of nitrogens with zero attached hydrogens (tertiary/aromatic N) is 4. The SMILES string of the molecule is COc1cc(-c2nc(N)c3c(n2)NC(=O)C3(C)C(=O)O)nn1Cc1ccccc1F. The van der Waals surface area contributed by atoms with Gasteiger partial charge in [-0.3, -0.25) is 9.59 Å².